The lowest BCUT2D eigenvalue weighted by Gasteiger charge is -2.14. The zero-order chi connectivity index (χ0) is 16.4. The van der Waals surface area contributed by atoms with Crippen LogP contribution in [0.5, 0.6) is 0 Å². The highest BCUT2D eigenvalue weighted by molar-refractivity contribution is 6.06. The molecule has 0 fully saturated rings. The maximum absolute atomic E-state index is 12.6. The Morgan fingerprint density at radius 1 is 1.20 bits per heavy atom. The van der Waals surface area contributed by atoms with Gasteiger partial charge in [-0.2, -0.15) is 0 Å². The SMILES string of the molecule is CCCN1Cc2cccc(NC(=O)c3cc(N)ccc3C)c2C1.Cl.Cl. The van der Waals surface area contributed by atoms with Gasteiger partial charge in [0.2, 0.25) is 0 Å². The normalized spacial score (nSPS) is 12.7. The van der Waals surface area contributed by atoms with Gasteiger partial charge in [0.05, 0.1) is 0 Å². The van der Waals surface area contributed by atoms with Gasteiger partial charge in [-0.15, -0.1) is 24.8 Å². The third-order valence-electron chi connectivity index (χ3n) is 4.34. The van der Waals surface area contributed by atoms with Crippen molar-refractivity contribution in [3.05, 3.63) is 58.7 Å². The number of amides is 1. The van der Waals surface area contributed by atoms with Gasteiger partial charge >= 0.3 is 0 Å². The first-order valence-corrected chi connectivity index (χ1v) is 8.09. The molecule has 0 aromatic heterocycles. The first-order valence-electron chi connectivity index (χ1n) is 8.09. The van der Waals surface area contributed by atoms with Crippen LogP contribution in [-0.2, 0) is 13.1 Å². The van der Waals surface area contributed by atoms with Crippen LogP contribution >= 0.6 is 24.8 Å². The summed E-state index contributed by atoms with van der Waals surface area (Å²) in [5.74, 6) is -0.0999. The Morgan fingerprint density at radius 3 is 2.68 bits per heavy atom. The Morgan fingerprint density at radius 2 is 1.96 bits per heavy atom. The summed E-state index contributed by atoms with van der Waals surface area (Å²) in [4.78, 5) is 15.0. The van der Waals surface area contributed by atoms with Crippen molar-refractivity contribution >= 4 is 42.1 Å². The van der Waals surface area contributed by atoms with Gasteiger partial charge in [0.25, 0.3) is 5.91 Å². The highest BCUT2D eigenvalue weighted by Gasteiger charge is 2.22. The largest absolute Gasteiger partial charge is 0.399 e. The molecule has 25 heavy (non-hydrogen) atoms. The minimum Gasteiger partial charge on any atom is -0.399 e. The lowest BCUT2D eigenvalue weighted by Crippen LogP contribution is -2.18. The third-order valence-corrected chi connectivity index (χ3v) is 4.34. The van der Waals surface area contributed by atoms with Crippen LogP contribution in [0.3, 0.4) is 0 Å². The Labute approximate surface area is 161 Å². The molecule has 3 rings (SSSR count). The Bertz CT molecular complexity index is 749. The molecule has 0 atom stereocenters. The number of anilines is 2. The molecule has 0 saturated heterocycles. The monoisotopic (exact) mass is 381 g/mol. The second-order valence-corrected chi connectivity index (χ2v) is 6.18. The van der Waals surface area contributed by atoms with Crippen molar-refractivity contribution in [2.45, 2.75) is 33.4 Å². The number of benzene rings is 2. The van der Waals surface area contributed by atoms with E-state index >= 15 is 0 Å². The molecule has 1 heterocycles. The fourth-order valence-corrected chi connectivity index (χ4v) is 3.16. The highest BCUT2D eigenvalue weighted by Crippen LogP contribution is 2.30. The Hall–Kier alpha value is -1.75. The van der Waals surface area contributed by atoms with Crippen LogP contribution < -0.4 is 11.1 Å². The average Bonchev–Trinajstić information content (AvgIpc) is 2.93. The van der Waals surface area contributed by atoms with Crippen LogP contribution in [0, 0.1) is 6.92 Å². The van der Waals surface area contributed by atoms with Crippen LogP contribution in [0.1, 0.15) is 40.4 Å². The molecule has 1 amide bonds. The molecule has 0 radical (unpaired) electrons. The summed E-state index contributed by atoms with van der Waals surface area (Å²) >= 11 is 0. The van der Waals surface area contributed by atoms with Gasteiger partial charge in [0, 0.05) is 30.0 Å². The number of aryl methyl sites for hydroxylation is 1. The van der Waals surface area contributed by atoms with E-state index in [-0.39, 0.29) is 30.7 Å². The second-order valence-electron chi connectivity index (χ2n) is 6.18. The van der Waals surface area contributed by atoms with E-state index in [0.29, 0.717) is 11.3 Å². The fourth-order valence-electron chi connectivity index (χ4n) is 3.16. The van der Waals surface area contributed by atoms with Crippen molar-refractivity contribution in [3.63, 3.8) is 0 Å². The van der Waals surface area contributed by atoms with E-state index in [1.165, 1.54) is 11.1 Å². The van der Waals surface area contributed by atoms with Crippen molar-refractivity contribution in [2.24, 2.45) is 0 Å². The minimum atomic E-state index is -0.0999. The molecule has 1 aliphatic rings. The number of nitrogen functional groups attached to an aromatic ring is 1. The standard InChI is InChI=1S/C19H23N3O.2ClH/c1-3-9-22-11-14-5-4-6-18(17(14)12-22)21-19(23)16-10-15(20)8-7-13(16)2;;/h4-8,10H,3,9,11-12,20H2,1-2H3,(H,21,23);2*1H. The number of hydrogen-bond donors (Lipinski definition) is 2. The number of rotatable bonds is 4. The summed E-state index contributed by atoms with van der Waals surface area (Å²) in [5, 5.41) is 3.07. The van der Waals surface area contributed by atoms with Crippen LogP contribution in [-0.4, -0.2) is 17.4 Å². The van der Waals surface area contributed by atoms with Crippen LogP contribution in [0.2, 0.25) is 0 Å². The summed E-state index contributed by atoms with van der Waals surface area (Å²) in [6.07, 6.45) is 1.14. The molecule has 0 aliphatic carbocycles. The Balaban J connectivity index is 0.00000156. The molecule has 0 spiro atoms. The molecule has 2 aromatic rings. The van der Waals surface area contributed by atoms with Crippen molar-refractivity contribution in [1.82, 2.24) is 4.90 Å². The molecule has 0 unspecified atom stereocenters. The lowest BCUT2D eigenvalue weighted by molar-refractivity contribution is 0.102. The van der Waals surface area contributed by atoms with Gasteiger partial charge < -0.3 is 11.1 Å². The first-order chi connectivity index (χ1) is 11.1. The van der Waals surface area contributed by atoms with Crippen LogP contribution in [0.15, 0.2) is 36.4 Å². The smallest absolute Gasteiger partial charge is 0.256 e. The number of halogens is 2. The van der Waals surface area contributed by atoms with Crippen molar-refractivity contribution in [1.29, 1.82) is 0 Å². The molecular formula is C19H25Cl2N3O. The van der Waals surface area contributed by atoms with Crippen LogP contribution in [0.4, 0.5) is 11.4 Å². The topological polar surface area (TPSA) is 58.4 Å². The highest BCUT2D eigenvalue weighted by atomic mass is 35.5. The fraction of sp³-hybridized carbons (Fsp3) is 0.316. The molecule has 3 N–H and O–H groups in total. The van der Waals surface area contributed by atoms with E-state index in [1.54, 1.807) is 6.07 Å². The summed E-state index contributed by atoms with van der Waals surface area (Å²) in [6, 6.07) is 11.6. The molecular weight excluding hydrogens is 357 g/mol. The number of nitrogens with zero attached hydrogens (tertiary/aromatic N) is 1. The predicted molar refractivity (Wildman–Crippen MR) is 109 cm³/mol. The first kappa shape index (κ1) is 21.3. The molecule has 4 nitrogen and oxygen atoms in total. The second kappa shape index (κ2) is 9.09. The number of carbonyl (C=O) groups is 1. The summed E-state index contributed by atoms with van der Waals surface area (Å²) in [6.45, 7) is 7.05. The summed E-state index contributed by atoms with van der Waals surface area (Å²) < 4.78 is 0. The molecule has 0 bridgehead atoms. The molecule has 2 aromatic carbocycles. The quantitative estimate of drug-likeness (QED) is 0.771. The zero-order valence-corrected chi connectivity index (χ0v) is 16.2. The van der Waals surface area contributed by atoms with Crippen molar-refractivity contribution in [3.8, 4) is 0 Å². The predicted octanol–water partition coefficient (Wildman–Crippen LogP) is 4.40. The van der Waals surface area contributed by atoms with Crippen LogP contribution in [0.25, 0.3) is 0 Å². The number of nitrogens with two attached hydrogens (primary N) is 1. The number of fused-ring (bicyclic) bond motifs is 1. The molecule has 0 saturated carbocycles. The maximum Gasteiger partial charge on any atom is 0.256 e. The minimum absolute atomic E-state index is 0. The van der Waals surface area contributed by atoms with Crippen molar-refractivity contribution < 1.29 is 4.79 Å². The average molecular weight is 382 g/mol. The third kappa shape index (κ3) is 4.66. The van der Waals surface area contributed by atoms with Gasteiger partial charge in [-0.3, -0.25) is 9.69 Å². The number of nitrogens with one attached hydrogen (secondary N) is 1. The number of hydrogen-bond acceptors (Lipinski definition) is 3. The van der Waals surface area contributed by atoms with E-state index in [1.807, 2.05) is 31.2 Å². The van der Waals surface area contributed by atoms with Gasteiger partial charge in [-0.25, -0.2) is 0 Å². The maximum atomic E-state index is 12.6. The summed E-state index contributed by atoms with van der Waals surface area (Å²) in [5.41, 5.74) is 11.4. The van der Waals surface area contributed by atoms with E-state index in [0.717, 1.165) is 37.3 Å². The van der Waals surface area contributed by atoms with E-state index in [2.05, 4.69) is 23.2 Å². The van der Waals surface area contributed by atoms with Gasteiger partial charge in [0.1, 0.15) is 0 Å². The molecule has 1 aliphatic heterocycles. The molecule has 6 heteroatoms. The van der Waals surface area contributed by atoms with Gasteiger partial charge in [-0.05, 0) is 54.8 Å². The number of carbonyl (C=O) groups excluding carboxylic acids is 1. The van der Waals surface area contributed by atoms with E-state index < -0.39 is 0 Å². The van der Waals surface area contributed by atoms with Gasteiger partial charge in [0.15, 0.2) is 0 Å². The lowest BCUT2D eigenvalue weighted by atomic mass is 10.1. The zero-order valence-electron chi connectivity index (χ0n) is 14.5. The van der Waals surface area contributed by atoms with Crippen molar-refractivity contribution in [2.75, 3.05) is 17.6 Å². The summed E-state index contributed by atoms with van der Waals surface area (Å²) in [7, 11) is 0. The van der Waals surface area contributed by atoms with Gasteiger partial charge in [-0.1, -0.05) is 25.1 Å². The molecule has 136 valence electrons. The Kier molecular flexibility index (Phi) is 7.74. The van der Waals surface area contributed by atoms with E-state index in [9.17, 15) is 4.79 Å². The van der Waals surface area contributed by atoms with E-state index in [4.69, 9.17) is 5.73 Å².